The molecule has 0 spiro atoms. The van der Waals surface area contributed by atoms with Crippen LogP contribution in [0.2, 0.25) is 0 Å². The summed E-state index contributed by atoms with van der Waals surface area (Å²) >= 11 is 0. The monoisotopic (exact) mass is 347 g/mol. The first-order chi connectivity index (χ1) is 11.8. The van der Waals surface area contributed by atoms with E-state index in [-0.39, 0.29) is 37.0 Å². The quantitative estimate of drug-likeness (QED) is 0.746. The number of benzene rings is 1. The molecule has 0 aromatic heterocycles. The molecule has 0 bridgehead atoms. The number of anilines is 1. The molecule has 0 aliphatic carbocycles. The molecule has 5 nitrogen and oxygen atoms in total. The molecule has 0 unspecified atom stereocenters. The van der Waals surface area contributed by atoms with E-state index in [1.165, 1.54) is 0 Å². The summed E-state index contributed by atoms with van der Waals surface area (Å²) in [6, 6.07) is 8.09. The Balaban J connectivity index is 2.58. The van der Waals surface area contributed by atoms with Crippen molar-refractivity contribution in [3.8, 4) is 0 Å². The Kier molecular flexibility index (Phi) is 8.62. The normalized spacial score (nSPS) is 13.4. The van der Waals surface area contributed by atoms with Gasteiger partial charge in [0, 0.05) is 17.8 Å². The van der Waals surface area contributed by atoms with Gasteiger partial charge in [0.05, 0.1) is 13.1 Å². The molecule has 0 saturated carbocycles. The topological polar surface area (TPSA) is 52.7 Å². The summed E-state index contributed by atoms with van der Waals surface area (Å²) in [6.45, 7) is 10.8. The Labute approximate surface area is 152 Å². The van der Waals surface area contributed by atoms with Gasteiger partial charge in [0.25, 0.3) is 0 Å². The molecule has 0 saturated heterocycles. The summed E-state index contributed by atoms with van der Waals surface area (Å²) in [4.78, 5) is 28.6. The lowest BCUT2D eigenvalue weighted by atomic mass is 10.1. The second kappa shape index (κ2) is 10.2. The predicted molar refractivity (Wildman–Crippen MR) is 104 cm³/mol. The number of carbonyl (C=O) groups excluding carboxylic acids is 2. The van der Waals surface area contributed by atoms with E-state index in [9.17, 15) is 9.59 Å². The zero-order valence-corrected chi connectivity index (χ0v) is 16.5. The van der Waals surface area contributed by atoms with Crippen molar-refractivity contribution in [1.82, 2.24) is 9.80 Å². The van der Waals surface area contributed by atoms with E-state index >= 15 is 0 Å². The second-order valence-corrected chi connectivity index (χ2v) is 6.90. The highest BCUT2D eigenvalue weighted by molar-refractivity contribution is 5.92. The third-order valence-electron chi connectivity index (χ3n) is 4.57. The van der Waals surface area contributed by atoms with Crippen LogP contribution in [0.25, 0.3) is 0 Å². The number of rotatable bonds is 9. The van der Waals surface area contributed by atoms with Crippen LogP contribution < -0.4 is 5.32 Å². The van der Waals surface area contributed by atoms with Gasteiger partial charge in [-0.05, 0) is 52.8 Å². The molecular weight excluding hydrogens is 314 g/mol. The number of amides is 2. The van der Waals surface area contributed by atoms with Crippen LogP contribution in [0.5, 0.6) is 0 Å². The highest BCUT2D eigenvalue weighted by Gasteiger charge is 2.24. The molecule has 0 aliphatic rings. The first kappa shape index (κ1) is 21.2. The van der Waals surface area contributed by atoms with Crippen LogP contribution in [0.1, 0.15) is 46.1 Å². The molecule has 1 N–H and O–H groups in total. The van der Waals surface area contributed by atoms with Gasteiger partial charge in [0.2, 0.25) is 11.8 Å². The molecule has 140 valence electrons. The molecule has 0 fully saturated rings. The van der Waals surface area contributed by atoms with Gasteiger partial charge in [-0.25, -0.2) is 0 Å². The first-order valence-corrected chi connectivity index (χ1v) is 9.14. The van der Waals surface area contributed by atoms with Crippen molar-refractivity contribution in [2.75, 3.05) is 25.5 Å². The fourth-order valence-electron chi connectivity index (χ4n) is 2.77. The number of aryl methyl sites for hydroxylation is 1. The number of nitrogens with zero attached hydrogens (tertiary/aromatic N) is 2. The van der Waals surface area contributed by atoms with Crippen molar-refractivity contribution in [3.05, 3.63) is 29.8 Å². The number of hydrogen-bond donors (Lipinski definition) is 1. The lowest BCUT2D eigenvalue weighted by Crippen LogP contribution is -2.49. The third-order valence-corrected chi connectivity index (χ3v) is 4.57. The Hall–Kier alpha value is -1.88. The molecule has 2 amide bonds. The zero-order chi connectivity index (χ0) is 19.0. The zero-order valence-electron chi connectivity index (χ0n) is 16.5. The first-order valence-electron chi connectivity index (χ1n) is 9.14. The van der Waals surface area contributed by atoms with E-state index in [1.807, 2.05) is 36.1 Å². The molecule has 1 rings (SSSR count). The molecule has 2 atom stereocenters. The minimum absolute atomic E-state index is 0.0781. The van der Waals surface area contributed by atoms with Crippen LogP contribution in [0.3, 0.4) is 0 Å². The van der Waals surface area contributed by atoms with Crippen LogP contribution in [-0.4, -0.2) is 53.8 Å². The van der Waals surface area contributed by atoms with Crippen LogP contribution in [0.15, 0.2) is 24.3 Å². The van der Waals surface area contributed by atoms with Crippen molar-refractivity contribution in [3.63, 3.8) is 0 Å². The Morgan fingerprint density at radius 1 is 1.00 bits per heavy atom. The molecule has 1 aromatic carbocycles. The molecule has 1 aromatic rings. The largest absolute Gasteiger partial charge is 0.336 e. The standard InChI is InChI=1S/C20H33N3O2/c1-7-16(4)23(17(5)8-2)20(25)14-22(6)13-19(24)21-18-11-9-15(3)10-12-18/h9-12,16-17H,7-8,13-14H2,1-6H3,(H,21,24)/t16-,17-/m1/s1. The molecule has 0 aliphatic heterocycles. The number of hydrogen-bond acceptors (Lipinski definition) is 3. The van der Waals surface area contributed by atoms with Crippen LogP contribution in [0.4, 0.5) is 5.69 Å². The van der Waals surface area contributed by atoms with Crippen LogP contribution >= 0.6 is 0 Å². The van der Waals surface area contributed by atoms with Crippen LogP contribution in [0, 0.1) is 6.92 Å². The smallest absolute Gasteiger partial charge is 0.238 e. The summed E-state index contributed by atoms with van der Waals surface area (Å²) in [6.07, 6.45) is 1.85. The van der Waals surface area contributed by atoms with Gasteiger partial charge in [-0.3, -0.25) is 14.5 Å². The fraction of sp³-hybridized carbons (Fsp3) is 0.600. The maximum atomic E-state index is 12.7. The molecule has 25 heavy (non-hydrogen) atoms. The number of carbonyl (C=O) groups is 2. The van der Waals surface area contributed by atoms with E-state index < -0.39 is 0 Å². The second-order valence-electron chi connectivity index (χ2n) is 6.90. The van der Waals surface area contributed by atoms with Gasteiger partial charge in [0.1, 0.15) is 0 Å². The van der Waals surface area contributed by atoms with E-state index in [4.69, 9.17) is 0 Å². The van der Waals surface area contributed by atoms with E-state index in [1.54, 1.807) is 11.9 Å². The Morgan fingerprint density at radius 3 is 2.00 bits per heavy atom. The summed E-state index contributed by atoms with van der Waals surface area (Å²) in [7, 11) is 1.80. The number of nitrogens with one attached hydrogen (secondary N) is 1. The summed E-state index contributed by atoms with van der Waals surface area (Å²) in [5.74, 6) is -0.0351. The highest BCUT2D eigenvalue weighted by atomic mass is 16.2. The average molecular weight is 348 g/mol. The van der Waals surface area contributed by atoms with Crippen LogP contribution in [-0.2, 0) is 9.59 Å². The van der Waals surface area contributed by atoms with Crippen molar-refractivity contribution in [1.29, 1.82) is 0 Å². The van der Waals surface area contributed by atoms with Crippen molar-refractivity contribution in [2.45, 2.75) is 59.5 Å². The van der Waals surface area contributed by atoms with Gasteiger partial charge in [-0.1, -0.05) is 31.5 Å². The lowest BCUT2D eigenvalue weighted by Gasteiger charge is -2.35. The fourth-order valence-corrected chi connectivity index (χ4v) is 2.77. The molecule has 0 heterocycles. The van der Waals surface area contributed by atoms with Crippen molar-refractivity contribution < 1.29 is 9.59 Å². The predicted octanol–water partition coefficient (Wildman–Crippen LogP) is 3.29. The van der Waals surface area contributed by atoms with E-state index in [2.05, 4.69) is 33.0 Å². The summed E-state index contributed by atoms with van der Waals surface area (Å²) in [5, 5.41) is 2.86. The average Bonchev–Trinajstić information content (AvgIpc) is 2.56. The Bertz CT molecular complexity index is 547. The molecule has 0 radical (unpaired) electrons. The summed E-state index contributed by atoms with van der Waals surface area (Å²) in [5.41, 5.74) is 1.92. The maximum absolute atomic E-state index is 12.7. The van der Waals surface area contributed by atoms with Gasteiger partial charge in [-0.2, -0.15) is 0 Å². The number of likely N-dealkylation sites (N-methyl/N-ethyl adjacent to an activating group) is 1. The lowest BCUT2D eigenvalue weighted by molar-refractivity contribution is -0.136. The van der Waals surface area contributed by atoms with Crippen molar-refractivity contribution in [2.24, 2.45) is 0 Å². The highest BCUT2D eigenvalue weighted by Crippen LogP contribution is 2.13. The SMILES string of the molecule is CC[C@@H](C)N(C(=O)CN(C)CC(=O)Nc1ccc(C)cc1)[C@H](C)CC. The summed E-state index contributed by atoms with van der Waals surface area (Å²) < 4.78 is 0. The van der Waals surface area contributed by atoms with Gasteiger partial charge >= 0.3 is 0 Å². The minimum Gasteiger partial charge on any atom is -0.336 e. The van der Waals surface area contributed by atoms with E-state index in [0.29, 0.717) is 0 Å². The van der Waals surface area contributed by atoms with Crippen molar-refractivity contribution >= 4 is 17.5 Å². The maximum Gasteiger partial charge on any atom is 0.238 e. The van der Waals surface area contributed by atoms with E-state index in [0.717, 1.165) is 24.1 Å². The Morgan fingerprint density at radius 2 is 1.52 bits per heavy atom. The molecular formula is C20H33N3O2. The van der Waals surface area contributed by atoms with Gasteiger partial charge in [-0.15, -0.1) is 0 Å². The third kappa shape index (κ3) is 6.86. The van der Waals surface area contributed by atoms with Gasteiger partial charge < -0.3 is 10.2 Å². The minimum atomic E-state index is -0.113. The van der Waals surface area contributed by atoms with Gasteiger partial charge in [0.15, 0.2) is 0 Å². The molecule has 5 heteroatoms.